The third kappa shape index (κ3) is 21.0. The van der Waals surface area contributed by atoms with Crippen molar-refractivity contribution in [3.8, 4) is 0 Å². The average Bonchev–Trinajstić information content (AvgIpc) is 4.01. The molecule has 488 valence electrons. The second-order valence-electron chi connectivity index (χ2n) is 28.9. The maximum Gasteiger partial charge on any atom is 0.417 e. The van der Waals surface area contributed by atoms with Gasteiger partial charge in [0, 0.05) is 155 Å². The van der Waals surface area contributed by atoms with Gasteiger partial charge < -0.3 is 46.6 Å². The van der Waals surface area contributed by atoms with Crippen molar-refractivity contribution in [2.45, 2.75) is 264 Å². The van der Waals surface area contributed by atoms with Crippen LogP contribution in [0, 0.1) is 35.5 Å². The van der Waals surface area contributed by atoms with Gasteiger partial charge in [-0.05, 0) is 138 Å². The van der Waals surface area contributed by atoms with E-state index in [2.05, 4.69) is 153 Å². The molecule has 7 rings (SSSR count). The van der Waals surface area contributed by atoms with Crippen LogP contribution in [-0.4, -0.2) is 140 Å². The van der Waals surface area contributed by atoms with Gasteiger partial charge >= 0.3 is 6.18 Å². The summed E-state index contributed by atoms with van der Waals surface area (Å²) in [6.07, 6.45) is 32.9. The first-order valence-corrected chi connectivity index (χ1v) is 35.1. The zero-order valence-electron chi connectivity index (χ0n) is 55.8. The van der Waals surface area contributed by atoms with E-state index in [1.54, 1.807) is 6.07 Å². The molecule has 4 unspecified atom stereocenters. The minimum Gasteiger partial charge on any atom is -0.369 e. The van der Waals surface area contributed by atoms with E-state index in [4.69, 9.17) is 16.6 Å². The Morgan fingerprint density at radius 1 is 0.826 bits per heavy atom. The number of hydrogen-bond acceptors (Lipinski definition) is 11. The lowest BCUT2D eigenvalue weighted by atomic mass is 9.82. The largest absolute Gasteiger partial charge is 0.417 e. The topological polar surface area (TPSA) is 97.5 Å². The molecule has 15 heteroatoms. The quantitative estimate of drug-likeness (QED) is 0.121. The van der Waals surface area contributed by atoms with Gasteiger partial charge in [0.2, 0.25) is 0 Å². The second-order valence-corrected chi connectivity index (χ2v) is 29.3. The first-order chi connectivity index (χ1) is 41.1. The SMILES string of the molecule is CC[C@H](C)[C@H]1CN[C@@H](CC(C)C)C(C)NCC2[C@H](C)CN2[C@@H](C(C)C)C(C)NC2(CCCC2)CNCCN=CC=C(CCc2ccc(C(F)(F)F)c(Cl)c2)NC=CN(C)C=C(CC2CCCCC2)N(C)C=C2CCCN2[C@@H](CC2CCCC2)C(C)N1. The van der Waals surface area contributed by atoms with Crippen LogP contribution in [0.3, 0.4) is 0 Å². The molecule has 0 radical (unpaired) electrons. The van der Waals surface area contributed by atoms with Crippen molar-refractivity contribution in [2.24, 2.45) is 40.5 Å². The predicted molar refractivity (Wildman–Crippen MR) is 357 cm³/mol. The Bertz CT molecular complexity index is 2320. The Balaban J connectivity index is 1.19. The summed E-state index contributed by atoms with van der Waals surface area (Å²) in [7, 11) is 4.40. The van der Waals surface area contributed by atoms with Crippen LogP contribution >= 0.6 is 11.6 Å². The maximum atomic E-state index is 13.7. The Kier molecular flexibility index (Phi) is 28.1. The van der Waals surface area contributed by atoms with Gasteiger partial charge in [0.15, 0.2) is 0 Å². The van der Waals surface area contributed by atoms with Crippen LogP contribution in [0.5, 0.6) is 0 Å². The maximum absolute atomic E-state index is 13.7. The minimum atomic E-state index is -4.50. The number of benzene rings is 1. The molecule has 0 amide bonds. The van der Waals surface area contributed by atoms with Crippen LogP contribution in [0.1, 0.15) is 209 Å². The van der Waals surface area contributed by atoms with Crippen molar-refractivity contribution >= 4 is 17.8 Å². The summed E-state index contributed by atoms with van der Waals surface area (Å²) in [5.41, 5.74) is 3.69. The lowest BCUT2D eigenvalue weighted by Gasteiger charge is -2.55. The average molecular weight is 1220 g/mol. The molecule has 1 spiro atoms. The van der Waals surface area contributed by atoms with Gasteiger partial charge in [-0.1, -0.05) is 143 Å². The fourth-order valence-electron chi connectivity index (χ4n) is 15.9. The van der Waals surface area contributed by atoms with E-state index in [0.29, 0.717) is 97.3 Å². The number of hydrogen-bond donors (Lipinski definition) is 6. The van der Waals surface area contributed by atoms with Crippen molar-refractivity contribution in [1.82, 2.24) is 51.5 Å². The van der Waals surface area contributed by atoms with Crippen LogP contribution in [0.2, 0.25) is 5.02 Å². The Hall–Kier alpha value is -3.11. The monoisotopic (exact) mass is 1220 g/mol. The van der Waals surface area contributed by atoms with Crippen LogP contribution < -0.4 is 31.9 Å². The van der Waals surface area contributed by atoms with E-state index in [1.807, 2.05) is 18.5 Å². The summed E-state index contributed by atoms with van der Waals surface area (Å²) in [5.74, 6) is 3.69. The van der Waals surface area contributed by atoms with E-state index >= 15 is 0 Å². The van der Waals surface area contributed by atoms with Gasteiger partial charge in [-0.2, -0.15) is 13.2 Å². The second kappa shape index (κ2) is 34.4. The first kappa shape index (κ1) is 70.3. The van der Waals surface area contributed by atoms with Crippen LogP contribution in [0.25, 0.3) is 0 Å². The molecular formula is C71H121ClF3N11. The molecule has 3 heterocycles. The number of allylic oxidation sites excluding steroid dienone is 4. The number of nitrogens with one attached hydrogen (secondary N) is 6. The highest BCUT2D eigenvalue weighted by molar-refractivity contribution is 6.31. The van der Waals surface area contributed by atoms with Gasteiger partial charge in [0.1, 0.15) is 0 Å². The summed E-state index contributed by atoms with van der Waals surface area (Å²) in [4.78, 5) is 15.2. The molecule has 2 saturated heterocycles. The van der Waals surface area contributed by atoms with E-state index in [-0.39, 0.29) is 10.6 Å². The first-order valence-electron chi connectivity index (χ1n) is 34.7. The lowest BCUT2D eigenvalue weighted by Crippen LogP contribution is -2.69. The Morgan fingerprint density at radius 2 is 1.55 bits per heavy atom. The molecule has 3 saturated carbocycles. The zero-order valence-corrected chi connectivity index (χ0v) is 56.6. The van der Waals surface area contributed by atoms with Crippen molar-refractivity contribution in [3.63, 3.8) is 0 Å². The van der Waals surface area contributed by atoms with Crippen LogP contribution in [0.15, 0.2) is 71.2 Å². The summed E-state index contributed by atoms with van der Waals surface area (Å²) in [6, 6.07) is 7.14. The standard InChI is InChI=1S/C71H121ClF3N11/c1-13-52(6)66-44-80-65(40-50(2)3)54(8)79-45-68-53(7)46-86(68)69(51(4)5)56(10)82-70(32-19-20-33-70)49-77-36-35-76-34-31-60(29-27-59-28-30-63(64(72)42-59)71(73,74)75)78-37-39-83(11)47-62(41-57-22-15-14-16-23-57)84(12)48-61-26-21-38-85(61)67(55(9)81-66)43-58-24-17-18-25-58/h28,30-31,34,37,39,42,47-48,50-58,65-69,77-82H,13-27,29,32-33,35-36,38,40-41,43-46,49H2,1-12H3/t52-,53+,54?,55?,56?,65-,66+,67-,68?,69-/m0/s1. The number of aryl methyl sites for hydroxylation is 1. The van der Waals surface area contributed by atoms with Gasteiger partial charge in [-0.3, -0.25) is 9.89 Å². The van der Waals surface area contributed by atoms with E-state index in [0.717, 1.165) is 88.2 Å². The number of rotatable bonds is 12. The van der Waals surface area contributed by atoms with Crippen molar-refractivity contribution in [2.75, 3.05) is 59.9 Å². The van der Waals surface area contributed by atoms with Crippen LogP contribution in [-0.2, 0) is 12.6 Å². The predicted octanol–water partition coefficient (Wildman–Crippen LogP) is 14.5. The number of halogens is 4. The molecule has 1 aromatic rings. The molecule has 0 bridgehead atoms. The molecule has 3 aliphatic heterocycles. The molecule has 6 N–H and O–H groups in total. The molecule has 0 aromatic heterocycles. The van der Waals surface area contributed by atoms with Gasteiger partial charge in [0.05, 0.1) is 17.1 Å². The molecular weight excluding hydrogens is 1100 g/mol. The number of aliphatic imine (C=N–C) groups is 1. The van der Waals surface area contributed by atoms with Gasteiger partial charge in [-0.15, -0.1) is 0 Å². The lowest BCUT2D eigenvalue weighted by molar-refractivity contribution is -0.137. The third-order valence-corrected chi connectivity index (χ3v) is 21.4. The molecule has 10 atom stereocenters. The zero-order chi connectivity index (χ0) is 62.0. The van der Waals surface area contributed by atoms with E-state index in [9.17, 15) is 13.2 Å². The van der Waals surface area contributed by atoms with Gasteiger partial charge in [0.25, 0.3) is 0 Å². The van der Waals surface area contributed by atoms with Crippen molar-refractivity contribution in [1.29, 1.82) is 0 Å². The highest BCUT2D eigenvalue weighted by Crippen LogP contribution is 2.39. The summed E-state index contributed by atoms with van der Waals surface area (Å²) >= 11 is 6.21. The highest BCUT2D eigenvalue weighted by Gasteiger charge is 2.45. The fraction of sp³-hybridized carbons (Fsp3) is 0.789. The molecule has 6 aliphatic rings. The summed E-state index contributed by atoms with van der Waals surface area (Å²) in [5, 5.41) is 24.2. The number of fused-ring (bicyclic) bond motifs is 2. The van der Waals surface area contributed by atoms with Crippen LogP contribution in [0.4, 0.5) is 13.2 Å². The molecule has 11 nitrogen and oxygen atoms in total. The summed E-state index contributed by atoms with van der Waals surface area (Å²) < 4.78 is 41.0. The normalized spacial score (nSPS) is 30.0. The van der Waals surface area contributed by atoms with Gasteiger partial charge in [-0.25, -0.2) is 0 Å². The summed E-state index contributed by atoms with van der Waals surface area (Å²) in [6.45, 7) is 30.9. The Morgan fingerprint density at radius 3 is 2.22 bits per heavy atom. The minimum absolute atomic E-state index is 0.0467. The molecule has 3 aliphatic carbocycles. The van der Waals surface area contributed by atoms with E-state index in [1.165, 1.54) is 114 Å². The van der Waals surface area contributed by atoms with Crippen molar-refractivity contribution in [3.05, 3.63) is 82.3 Å². The number of nitrogens with zero attached hydrogens (tertiary/aromatic N) is 5. The Labute approximate surface area is 526 Å². The number of alkyl halides is 3. The highest BCUT2D eigenvalue weighted by atomic mass is 35.5. The fourth-order valence-corrected chi connectivity index (χ4v) is 16.2. The third-order valence-electron chi connectivity index (χ3n) is 21.1. The van der Waals surface area contributed by atoms with Crippen molar-refractivity contribution < 1.29 is 13.2 Å². The molecule has 5 fully saturated rings. The molecule has 86 heavy (non-hydrogen) atoms. The van der Waals surface area contributed by atoms with E-state index < -0.39 is 11.7 Å². The molecule has 1 aromatic carbocycles. The smallest absolute Gasteiger partial charge is 0.369 e.